The third-order valence-electron chi connectivity index (χ3n) is 3.80. The van der Waals surface area contributed by atoms with Gasteiger partial charge in [-0.1, -0.05) is 56.3 Å². The highest BCUT2D eigenvalue weighted by Crippen LogP contribution is 2.24. The highest BCUT2D eigenvalue weighted by Gasteiger charge is 2.16. The zero-order valence-electron chi connectivity index (χ0n) is 15.5. The van der Waals surface area contributed by atoms with E-state index in [2.05, 4.69) is 24.5 Å². The second kappa shape index (κ2) is 9.61. The average Bonchev–Trinajstić information content (AvgIpc) is 2.60. The maximum absolute atomic E-state index is 12.4. The van der Waals surface area contributed by atoms with Crippen LogP contribution in [0.5, 0.6) is 5.75 Å². The summed E-state index contributed by atoms with van der Waals surface area (Å²) >= 11 is 0. The van der Waals surface area contributed by atoms with Crippen LogP contribution in [0.2, 0.25) is 0 Å². The molecular formula is C21H26N2O3. The minimum Gasteiger partial charge on any atom is -0.482 e. The van der Waals surface area contributed by atoms with Crippen LogP contribution in [0.4, 0.5) is 5.69 Å². The van der Waals surface area contributed by atoms with Crippen molar-refractivity contribution in [3.05, 3.63) is 60.2 Å². The molecule has 0 unspecified atom stereocenters. The lowest BCUT2D eigenvalue weighted by molar-refractivity contribution is -0.124. The van der Waals surface area contributed by atoms with Crippen LogP contribution in [0.1, 0.15) is 38.8 Å². The van der Waals surface area contributed by atoms with Crippen molar-refractivity contribution >= 4 is 17.5 Å². The van der Waals surface area contributed by atoms with Gasteiger partial charge in [-0.15, -0.1) is 0 Å². The fourth-order valence-electron chi connectivity index (χ4n) is 2.70. The molecule has 5 heteroatoms. The molecule has 138 valence electrons. The lowest BCUT2D eigenvalue weighted by Gasteiger charge is -2.21. The fraction of sp³-hybridized carbons (Fsp3) is 0.333. The SMILES string of the molecule is CC(=O)Nc1ccccc1OCC(=O)N[C@H](CC(C)C)c1ccccc1. The van der Waals surface area contributed by atoms with E-state index in [1.54, 1.807) is 24.3 Å². The van der Waals surface area contributed by atoms with E-state index < -0.39 is 0 Å². The molecule has 0 saturated carbocycles. The molecule has 0 spiro atoms. The first kappa shape index (κ1) is 19.5. The van der Waals surface area contributed by atoms with Crippen molar-refractivity contribution in [2.75, 3.05) is 11.9 Å². The van der Waals surface area contributed by atoms with E-state index in [4.69, 9.17) is 4.74 Å². The third kappa shape index (κ3) is 6.24. The molecule has 5 nitrogen and oxygen atoms in total. The molecule has 0 heterocycles. The Balaban J connectivity index is 1.99. The summed E-state index contributed by atoms with van der Waals surface area (Å²) in [6.07, 6.45) is 0.845. The van der Waals surface area contributed by atoms with E-state index in [0.29, 0.717) is 17.4 Å². The van der Waals surface area contributed by atoms with E-state index in [-0.39, 0.29) is 24.5 Å². The smallest absolute Gasteiger partial charge is 0.258 e. The molecule has 0 aliphatic carbocycles. The Bertz CT molecular complexity index is 729. The van der Waals surface area contributed by atoms with Crippen LogP contribution in [0.15, 0.2) is 54.6 Å². The van der Waals surface area contributed by atoms with Crippen LogP contribution in [0, 0.1) is 5.92 Å². The van der Waals surface area contributed by atoms with Crippen molar-refractivity contribution in [3.63, 3.8) is 0 Å². The molecule has 2 aromatic rings. The monoisotopic (exact) mass is 354 g/mol. The normalized spacial score (nSPS) is 11.7. The van der Waals surface area contributed by atoms with Crippen LogP contribution in [0.25, 0.3) is 0 Å². The first-order valence-electron chi connectivity index (χ1n) is 8.79. The van der Waals surface area contributed by atoms with Crippen molar-refractivity contribution < 1.29 is 14.3 Å². The summed E-state index contributed by atoms with van der Waals surface area (Å²) in [5.41, 5.74) is 1.63. The number of anilines is 1. The molecule has 0 radical (unpaired) electrons. The van der Waals surface area contributed by atoms with Crippen LogP contribution < -0.4 is 15.4 Å². The molecule has 2 amide bonds. The van der Waals surface area contributed by atoms with Gasteiger partial charge in [0.2, 0.25) is 5.91 Å². The highest BCUT2D eigenvalue weighted by atomic mass is 16.5. The molecule has 0 aliphatic rings. The molecule has 0 saturated heterocycles. The van der Waals surface area contributed by atoms with Gasteiger partial charge in [-0.05, 0) is 30.0 Å². The lowest BCUT2D eigenvalue weighted by atomic mass is 9.97. The Labute approximate surface area is 154 Å². The second-order valence-corrected chi connectivity index (χ2v) is 6.63. The number of ether oxygens (including phenoxy) is 1. The van der Waals surface area contributed by atoms with Gasteiger partial charge in [0.25, 0.3) is 5.91 Å². The topological polar surface area (TPSA) is 67.4 Å². The molecule has 2 rings (SSSR count). The summed E-state index contributed by atoms with van der Waals surface area (Å²) in [5.74, 6) is 0.531. The summed E-state index contributed by atoms with van der Waals surface area (Å²) in [5, 5.41) is 5.74. The quantitative estimate of drug-likeness (QED) is 0.755. The largest absolute Gasteiger partial charge is 0.482 e. The standard InChI is InChI=1S/C21H26N2O3/c1-15(2)13-19(17-9-5-4-6-10-17)23-21(25)14-26-20-12-8-7-11-18(20)22-16(3)24/h4-12,15,19H,13-14H2,1-3H3,(H,22,24)(H,23,25)/t19-/m1/s1. The number of hydrogen-bond donors (Lipinski definition) is 2. The first-order chi connectivity index (χ1) is 12.5. The van der Waals surface area contributed by atoms with Crippen molar-refractivity contribution in [1.29, 1.82) is 0 Å². The molecule has 26 heavy (non-hydrogen) atoms. The minimum absolute atomic E-state index is 0.0575. The summed E-state index contributed by atoms with van der Waals surface area (Å²) in [4.78, 5) is 23.7. The van der Waals surface area contributed by atoms with Gasteiger partial charge in [-0.3, -0.25) is 9.59 Å². The predicted molar refractivity (Wildman–Crippen MR) is 103 cm³/mol. The number of hydrogen-bond acceptors (Lipinski definition) is 3. The first-order valence-corrected chi connectivity index (χ1v) is 8.79. The van der Waals surface area contributed by atoms with E-state index in [0.717, 1.165) is 12.0 Å². The van der Waals surface area contributed by atoms with Gasteiger partial charge in [0.15, 0.2) is 6.61 Å². The Hall–Kier alpha value is -2.82. The zero-order valence-corrected chi connectivity index (χ0v) is 15.5. The Morgan fingerprint density at radius 3 is 2.31 bits per heavy atom. The van der Waals surface area contributed by atoms with E-state index in [1.165, 1.54) is 6.92 Å². The fourth-order valence-corrected chi connectivity index (χ4v) is 2.70. The molecule has 0 fully saturated rings. The maximum Gasteiger partial charge on any atom is 0.258 e. The van der Waals surface area contributed by atoms with E-state index in [9.17, 15) is 9.59 Å². The van der Waals surface area contributed by atoms with Crippen LogP contribution in [-0.4, -0.2) is 18.4 Å². The third-order valence-corrected chi connectivity index (χ3v) is 3.80. The summed E-state index contributed by atoms with van der Waals surface area (Å²) in [6, 6.07) is 16.9. The highest BCUT2D eigenvalue weighted by molar-refractivity contribution is 5.90. The van der Waals surface area contributed by atoms with Gasteiger partial charge < -0.3 is 15.4 Å². The average molecular weight is 354 g/mol. The van der Waals surface area contributed by atoms with Gasteiger partial charge in [-0.2, -0.15) is 0 Å². The maximum atomic E-state index is 12.4. The lowest BCUT2D eigenvalue weighted by Crippen LogP contribution is -2.33. The van der Waals surface area contributed by atoms with Crippen LogP contribution >= 0.6 is 0 Å². The molecule has 0 bridgehead atoms. The second-order valence-electron chi connectivity index (χ2n) is 6.63. The number of carbonyl (C=O) groups excluding carboxylic acids is 2. The molecule has 2 aromatic carbocycles. The van der Waals surface area contributed by atoms with Crippen LogP contribution in [-0.2, 0) is 9.59 Å². The minimum atomic E-state index is -0.197. The summed E-state index contributed by atoms with van der Waals surface area (Å²) in [7, 11) is 0. The summed E-state index contributed by atoms with van der Waals surface area (Å²) in [6.45, 7) is 5.57. The molecule has 1 atom stereocenters. The predicted octanol–water partition coefficient (Wildman–Crippen LogP) is 3.93. The van der Waals surface area contributed by atoms with Gasteiger partial charge in [0.1, 0.15) is 5.75 Å². The molecule has 2 N–H and O–H groups in total. The van der Waals surface area contributed by atoms with Gasteiger partial charge in [0.05, 0.1) is 11.7 Å². The Morgan fingerprint density at radius 1 is 1.00 bits per heavy atom. The van der Waals surface area contributed by atoms with Gasteiger partial charge in [0, 0.05) is 6.92 Å². The Morgan fingerprint density at radius 2 is 1.65 bits per heavy atom. The van der Waals surface area contributed by atoms with Gasteiger partial charge in [-0.25, -0.2) is 0 Å². The van der Waals surface area contributed by atoms with Crippen molar-refractivity contribution in [3.8, 4) is 5.75 Å². The zero-order chi connectivity index (χ0) is 18.9. The number of carbonyl (C=O) groups is 2. The van der Waals surface area contributed by atoms with E-state index in [1.807, 2.05) is 30.3 Å². The number of benzene rings is 2. The van der Waals surface area contributed by atoms with Crippen molar-refractivity contribution in [1.82, 2.24) is 5.32 Å². The Kier molecular flexibility index (Phi) is 7.21. The van der Waals surface area contributed by atoms with Crippen LogP contribution in [0.3, 0.4) is 0 Å². The summed E-state index contributed by atoms with van der Waals surface area (Å²) < 4.78 is 5.61. The van der Waals surface area contributed by atoms with Crippen molar-refractivity contribution in [2.24, 2.45) is 5.92 Å². The number of nitrogens with one attached hydrogen (secondary N) is 2. The van der Waals surface area contributed by atoms with E-state index >= 15 is 0 Å². The molecule has 0 aromatic heterocycles. The number of para-hydroxylation sites is 2. The molecular weight excluding hydrogens is 328 g/mol. The number of rotatable bonds is 8. The van der Waals surface area contributed by atoms with Crippen molar-refractivity contribution in [2.45, 2.75) is 33.2 Å². The van der Waals surface area contributed by atoms with Gasteiger partial charge >= 0.3 is 0 Å². The number of amides is 2. The molecule has 0 aliphatic heterocycles.